The predicted molar refractivity (Wildman–Crippen MR) is 203 cm³/mol. The second kappa shape index (κ2) is 15.2. The summed E-state index contributed by atoms with van der Waals surface area (Å²) in [5.74, 6) is 0.120. The molecule has 3 amide bonds. The number of amides is 3. The summed E-state index contributed by atoms with van der Waals surface area (Å²) in [5, 5.41) is 11.5. The first-order valence-electron chi connectivity index (χ1n) is 19.5. The van der Waals surface area contributed by atoms with Crippen LogP contribution in [0.15, 0.2) is 60.7 Å². The summed E-state index contributed by atoms with van der Waals surface area (Å²) in [6, 6.07) is 19.8. The Morgan fingerprint density at radius 1 is 0.764 bits per heavy atom. The molecule has 10 nitrogen and oxygen atoms in total. The summed E-state index contributed by atoms with van der Waals surface area (Å²) in [5.41, 5.74) is 4.39. The monoisotopic (exact) mass is 753 g/mol. The zero-order chi connectivity index (χ0) is 38.3. The summed E-state index contributed by atoms with van der Waals surface area (Å²) in [6.45, 7) is 8.67. The number of piperidine rings is 2. The van der Waals surface area contributed by atoms with E-state index in [1.54, 1.807) is 17.0 Å². The van der Waals surface area contributed by atoms with Crippen molar-refractivity contribution >= 4 is 34.8 Å². The molecule has 0 radical (unpaired) electrons. The minimum atomic E-state index is -4.56. The largest absolute Gasteiger partial charge is 0.417 e. The molecule has 5 heterocycles. The van der Waals surface area contributed by atoms with Crippen LogP contribution in [0.5, 0.6) is 0 Å². The van der Waals surface area contributed by atoms with Gasteiger partial charge >= 0.3 is 6.18 Å². The average Bonchev–Trinajstić information content (AvgIpc) is 3.82. The number of nitrogens with one attached hydrogen (secondary N) is 1. The fourth-order valence-corrected chi connectivity index (χ4v) is 9.12. The molecule has 8 rings (SSSR count). The van der Waals surface area contributed by atoms with Crippen LogP contribution in [0.25, 0.3) is 0 Å². The molecule has 0 aromatic heterocycles. The van der Waals surface area contributed by atoms with Gasteiger partial charge in [-0.05, 0) is 104 Å². The summed E-state index contributed by atoms with van der Waals surface area (Å²) in [7, 11) is 0. The third-order valence-electron chi connectivity index (χ3n) is 12.4. The standard InChI is InChI=1S/C42H46F3N7O3/c43-42(44,45)37-24-35(6-3-30(37)25-46)51-18-14-31(26-51)29-1-4-33(5-2-29)49-16-12-28(13-17-49)11-15-48-19-21-50(22-20-48)34-7-8-36-32(23-34)27-52(41(36)55)38-9-10-39(53)47-40(38)54/h1-8,23-24,28,31,38H,9-22,26-27H2,(H,47,53,54)/t31-,38?/m0/s1. The van der Waals surface area contributed by atoms with Crippen LogP contribution in [0.4, 0.5) is 30.2 Å². The van der Waals surface area contributed by atoms with Crippen molar-refractivity contribution in [1.29, 1.82) is 5.26 Å². The van der Waals surface area contributed by atoms with Crippen LogP contribution < -0.4 is 20.0 Å². The van der Waals surface area contributed by atoms with Crippen molar-refractivity contribution in [2.45, 2.75) is 63.2 Å². The fourth-order valence-electron chi connectivity index (χ4n) is 9.12. The Hall–Kier alpha value is -5.09. The Morgan fingerprint density at radius 3 is 2.15 bits per heavy atom. The van der Waals surface area contributed by atoms with Gasteiger partial charge in [0.2, 0.25) is 11.8 Å². The second-order valence-electron chi connectivity index (χ2n) is 15.7. The Labute approximate surface area is 319 Å². The minimum Gasteiger partial charge on any atom is -0.372 e. The van der Waals surface area contributed by atoms with Crippen molar-refractivity contribution in [3.05, 3.63) is 88.5 Å². The van der Waals surface area contributed by atoms with E-state index in [2.05, 4.69) is 50.3 Å². The van der Waals surface area contributed by atoms with Gasteiger partial charge in [-0.15, -0.1) is 0 Å². The number of piperazine rings is 1. The molecule has 1 unspecified atom stereocenters. The molecule has 2 atom stereocenters. The van der Waals surface area contributed by atoms with E-state index in [0.29, 0.717) is 43.2 Å². The highest BCUT2D eigenvalue weighted by Crippen LogP contribution is 2.38. The number of fused-ring (bicyclic) bond motifs is 1. The van der Waals surface area contributed by atoms with E-state index in [1.807, 2.05) is 17.0 Å². The van der Waals surface area contributed by atoms with Gasteiger partial charge < -0.3 is 19.6 Å². The zero-order valence-electron chi connectivity index (χ0n) is 30.9. The molecule has 4 saturated heterocycles. The van der Waals surface area contributed by atoms with E-state index >= 15 is 0 Å². The molecule has 0 spiro atoms. The molecular weight excluding hydrogens is 708 g/mol. The van der Waals surface area contributed by atoms with Gasteiger partial charge in [0, 0.05) is 93.9 Å². The average molecular weight is 754 g/mol. The highest BCUT2D eigenvalue weighted by Gasteiger charge is 2.39. The number of nitriles is 1. The van der Waals surface area contributed by atoms with E-state index < -0.39 is 17.8 Å². The molecule has 3 aromatic carbocycles. The molecular formula is C42H46F3N7O3. The van der Waals surface area contributed by atoms with Crippen LogP contribution in [0, 0.1) is 17.2 Å². The van der Waals surface area contributed by atoms with E-state index in [9.17, 15) is 27.6 Å². The predicted octanol–water partition coefficient (Wildman–Crippen LogP) is 5.76. The van der Waals surface area contributed by atoms with Gasteiger partial charge in [0.15, 0.2) is 0 Å². The van der Waals surface area contributed by atoms with Crippen molar-refractivity contribution < 1.29 is 27.6 Å². The van der Waals surface area contributed by atoms with Crippen LogP contribution in [0.3, 0.4) is 0 Å². The van der Waals surface area contributed by atoms with Crippen LogP contribution in [-0.4, -0.2) is 92.5 Å². The number of halogens is 3. The number of nitrogens with zero attached hydrogens (tertiary/aromatic N) is 6. The first kappa shape index (κ1) is 36.9. The van der Waals surface area contributed by atoms with Gasteiger partial charge in [0.05, 0.1) is 17.2 Å². The Balaban J connectivity index is 0.767. The van der Waals surface area contributed by atoms with Crippen LogP contribution in [0.2, 0.25) is 0 Å². The first-order chi connectivity index (χ1) is 26.5. The maximum Gasteiger partial charge on any atom is 0.417 e. The van der Waals surface area contributed by atoms with E-state index in [-0.39, 0.29) is 35.6 Å². The maximum absolute atomic E-state index is 13.5. The van der Waals surface area contributed by atoms with Crippen LogP contribution >= 0.6 is 0 Å². The lowest BCUT2D eigenvalue weighted by molar-refractivity contribution is -0.138. The van der Waals surface area contributed by atoms with Crippen molar-refractivity contribution in [1.82, 2.24) is 15.1 Å². The van der Waals surface area contributed by atoms with Gasteiger partial charge in [0.25, 0.3) is 5.91 Å². The summed E-state index contributed by atoms with van der Waals surface area (Å²) in [4.78, 5) is 48.1. The zero-order valence-corrected chi connectivity index (χ0v) is 30.9. The molecule has 1 N–H and O–H groups in total. The smallest absolute Gasteiger partial charge is 0.372 e. The fraction of sp³-hybridized carbons (Fsp3) is 0.476. The third-order valence-corrected chi connectivity index (χ3v) is 12.4. The number of carbonyl (C=O) groups is 3. The first-order valence-corrected chi connectivity index (χ1v) is 19.5. The number of anilines is 3. The minimum absolute atomic E-state index is 0.142. The van der Waals surface area contributed by atoms with Gasteiger partial charge in [-0.25, -0.2) is 0 Å². The van der Waals surface area contributed by atoms with Gasteiger partial charge in [0.1, 0.15) is 6.04 Å². The SMILES string of the molecule is N#Cc1ccc(N2CC[C@H](c3ccc(N4CCC(CCN5CCN(c6ccc7c(c6)CN(C6CCC(=O)NC6=O)C7=O)CC5)CC4)cc3)C2)cc1C(F)(F)F. The lowest BCUT2D eigenvalue weighted by atomic mass is 9.92. The van der Waals surface area contributed by atoms with Gasteiger partial charge in [-0.1, -0.05) is 12.1 Å². The lowest BCUT2D eigenvalue weighted by Gasteiger charge is -2.38. The number of rotatable bonds is 8. The van der Waals surface area contributed by atoms with Crippen LogP contribution in [0.1, 0.15) is 77.1 Å². The molecule has 4 fully saturated rings. The highest BCUT2D eigenvalue weighted by molar-refractivity contribution is 6.05. The van der Waals surface area contributed by atoms with Crippen molar-refractivity contribution in [3.63, 3.8) is 0 Å². The molecule has 55 heavy (non-hydrogen) atoms. The van der Waals surface area contributed by atoms with E-state index in [0.717, 1.165) is 82.4 Å². The molecule has 5 aliphatic heterocycles. The number of benzene rings is 3. The Kier molecular flexibility index (Phi) is 10.2. The number of alkyl halides is 3. The number of carbonyl (C=O) groups excluding carboxylic acids is 3. The highest BCUT2D eigenvalue weighted by atomic mass is 19.4. The maximum atomic E-state index is 13.5. The molecule has 0 saturated carbocycles. The Bertz CT molecular complexity index is 1980. The summed E-state index contributed by atoms with van der Waals surface area (Å²) in [6.07, 6.45) is 0.418. The van der Waals surface area contributed by atoms with Crippen molar-refractivity contribution in [2.24, 2.45) is 5.92 Å². The topological polar surface area (TPSA) is 103 Å². The molecule has 0 bridgehead atoms. The summed E-state index contributed by atoms with van der Waals surface area (Å²) < 4.78 is 40.6. The normalized spacial score (nSPS) is 22.6. The quantitative estimate of drug-likeness (QED) is 0.290. The summed E-state index contributed by atoms with van der Waals surface area (Å²) >= 11 is 0. The van der Waals surface area contributed by atoms with Crippen molar-refractivity contribution in [2.75, 3.05) is 73.6 Å². The van der Waals surface area contributed by atoms with E-state index in [1.165, 1.54) is 23.7 Å². The number of imide groups is 1. The van der Waals surface area contributed by atoms with Crippen LogP contribution in [-0.2, 0) is 22.3 Å². The number of hydrogen-bond acceptors (Lipinski definition) is 8. The van der Waals surface area contributed by atoms with Crippen molar-refractivity contribution in [3.8, 4) is 6.07 Å². The number of hydrogen-bond donors (Lipinski definition) is 1. The lowest BCUT2D eigenvalue weighted by Crippen LogP contribution is -2.52. The molecule has 288 valence electrons. The molecule has 0 aliphatic carbocycles. The van der Waals surface area contributed by atoms with Gasteiger partial charge in [-0.3, -0.25) is 24.6 Å². The molecule has 3 aromatic rings. The Morgan fingerprint density at radius 2 is 1.44 bits per heavy atom. The molecule has 13 heteroatoms. The van der Waals surface area contributed by atoms with E-state index in [4.69, 9.17) is 5.26 Å². The third kappa shape index (κ3) is 7.74. The molecule has 5 aliphatic rings. The van der Waals surface area contributed by atoms with Gasteiger partial charge in [-0.2, -0.15) is 18.4 Å². The second-order valence-corrected chi connectivity index (χ2v) is 15.7.